The van der Waals surface area contributed by atoms with Crippen LogP contribution in [0.4, 0.5) is 11.4 Å². The van der Waals surface area contributed by atoms with Gasteiger partial charge in [-0.2, -0.15) is 0 Å². The molecule has 1 aliphatic rings. The average Bonchev–Trinajstić information content (AvgIpc) is 3.18. The molecule has 1 aliphatic carbocycles. The highest BCUT2D eigenvalue weighted by Gasteiger charge is 2.20. The summed E-state index contributed by atoms with van der Waals surface area (Å²) in [6, 6.07) is 5.15. The number of rotatable bonds is 7. The van der Waals surface area contributed by atoms with Gasteiger partial charge >= 0.3 is 0 Å². The van der Waals surface area contributed by atoms with Gasteiger partial charge in [0.1, 0.15) is 5.69 Å². The van der Waals surface area contributed by atoms with Gasteiger partial charge in [0.2, 0.25) is 0 Å². The molecule has 1 saturated carbocycles. The fourth-order valence-electron chi connectivity index (χ4n) is 1.88. The first-order valence-electron chi connectivity index (χ1n) is 6.23. The molecule has 1 fully saturated rings. The van der Waals surface area contributed by atoms with Crippen LogP contribution in [0, 0.1) is 16.0 Å². The van der Waals surface area contributed by atoms with Crippen LogP contribution in [0.3, 0.4) is 0 Å². The first-order chi connectivity index (χ1) is 8.70. The lowest BCUT2D eigenvalue weighted by atomic mass is 10.2. The van der Waals surface area contributed by atoms with Gasteiger partial charge in [-0.1, -0.05) is 18.9 Å². The van der Waals surface area contributed by atoms with E-state index >= 15 is 0 Å². The molecule has 2 rings (SSSR count). The van der Waals surface area contributed by atoms with Crippen molar-refractivity contribution in [2.75, 3.05) is 19.0 Å². The monoisotopic (exact) mass is 250 g/mol. The van der Waals surface area contributed by atoms with Crippen LogP contribution in [-0.2, 0) is 11.3 Å². The molecule has 18 heavy (non-hydrogen) atoms. The van der Waals surface area contributed by atoms with Crippen LogP contribution in [0.15, 0.2) is 18.2 Å². The summed E-state index contributed by atoms with van der Waals surface area (Å²) in [5, 5.41) is 13.7. The van der Waals surface area contributed by atoms with Gasteiger partial charge < -0.3 is 10.1 Å². The average molecular weight is 250 g/mol. The fraction of sp³-hybridized carbons (Fsp3) is 0.538. The largest absolute Gasteiger partial charge is 0.383 e. The van der Waals surface area contributed by atoms with E-state index in [-0.39, 0.29) is 10.6 Å². The first-order valence-corrected chi connectivity index (χ1v) is 6.23. The van der Waals surface area contributed by atoms with Crippen LogP contribution in [-0.4, -0.2) is 18.6 Å². The Bertz CT molecular complexity index is 430. The highest BCUT2D eigenvalue weighted by molar-refractivity contribution is 5.62. The summed E-state index contributed by atoms with van der Waals surface area (Å²) in [5.74, 6) is 0.853. The van der Waals surface area contributed by atoms with Crippen molar-refractivity contribution in [3.63, 3.8) is 0 Å². The number of nitrogens with zero attached hydrogens (tertiary/aromatic N) is 1. The second-order valence-corrected chi connectivity index (χ2v) is 4.64. The van der Waals surface area contributed by atoms with E-state index in [1.807, 2.05) is 6.07 Å². The van der Waals surface area contributed by atoms with Crippen molar-refractivity contribution in [2.24, 2.45) is 5.92 Å². The van der Waals surface area contributed by atoms with E-state index in [2.05, 4.69) is 5.32 Å². The highest BCUT2D eigenvalue weighted by atomic mass is 16.6. The van der Waals surface area contributed by atoms with Crippen molar-refractivity contribution >= 4 is 11.4 Å². The molecule has 0 atom stereocenters. The minimum atomic E-state index is -0.375. The molecule has 0 unspecified atom stereocenters. The van der Waals surface area contributed by atoms with E-state index in [4.69, 9.17) is 4.74 Å². The molecule has 5 nitrogen and oxygen atoms in total. The van der Waals surface area contributed by atoms with Gasteiger partial charge in [0.25, 0.3) is 5.69 Å². The Balaban J connectivity index is 1.90. The van der Waals surface area contributed by atoms with E-state index in [0.29, 0.717) is 12.3 Å². The minimum Gasteiger partial charge on any atom is -0.383 e. The first kappa shape index (κ1) is 12.8. The SMILES string of the molecule is CNc1ccc(COCCC2CC2)cc1[N+](=O)[O-]. The zero-order chi connectivity index (χ0) is 13.0. The van der Waals surface area contributed by atoms with Gasteiger partial charge in [0.15, 0.2) is 0 Å². The van der Waals surface area contributed by atoms with Gasteiger partial charge in [-0.3, -0.25) is 10.1 Å². The molecular formula is C13H18N2O3. The van der Waals surface area contributed by atoms with Gasteiger partial charge in [0.05, 0.1) is 11.5 Å². The quantitative estimate of drug-likeness (QED) is 0.459. The van der Waals surface area contributed by atoms with E-state index in [1.54, 1.807) is 19.2 Å². The lowest BCUT2D eigenvalue weighted by Crippen LogP contribution is -2.00. The third-order valence-electron chi connectivity index (χ3n) is 3.16. The predicted octanol–water partition coefficient (Wildman–Crippen LogP) is 2.95. The molecule has 0 heterocycles. The van der Waals surface area contributed by atoms with Crippen molar-refractivity contribution in [1.29, 1.82) is 0 Å². The summed E-state index contributed by atoms with van der Waals surface area (Å²) in [4.78, 5) is 10.5. The molecular weight excluding hydrogens is 232 g/mol. The van der Waals surface area contributed by atoms with Crippen LogP contribution < -0.4 is 5.32 Å². The predicted molar refractivity (Wildman–Crippen MR) is 69.6 cm³/mol. The Kier molecular flexibility index (Phi) is 4.15. The maximum atomic E-state index is 10.9. The van der Waals surface area contributed by atoms with Crippen LogP contribution in [0.25, 0.3) is 0 Å². The maximum Gasteiger partial charge on any atom is 0.292 e. The lowest BCUT2D eigenvalue weighted by Gasteiger charge is -2.06. The van der Waals surface area contributed by atoms with Crippen molar-refractivity contribution in [1.82, 2.24) is 0 Å². The Morgan fingerprint density at radius 2 is 2.28 bits per heavy atom. The normalized spacial score (nSPS) is 14.5. The standard InChI is InChI=1S/C13H18N2O3/c1-14-12-5-4-11(8-13(12)15(16)17)9-18-7-6-10-2-3-10/h4-5,8,10,14H,2-3,6-7,9H2,1H3. The Hall–Kier alpha value is -1.62. The van der Waals surface area contributed by atoms with Crippen LogP contribution in [0.5, 0.6) is 0 Å². The molecule has 0 bridgehead atoms. The minimum absolute atomic E-state index is 0.0980. The number of benzene rings is 1. The van der Waals surface area contributed by atoms with Gasteiger partial charge in [-0.15, -0.1) is 0 Å². The van der Waals surface area contributed by atoms with Crippen molar-refractivity contribution in [2.45, 2.75) is 25.9 Å². The van der Waals surface area contributed by atoms with E-state index < -0.39 is 0 Å². The number of hydrogen-bond acceptors (Lipinski definition) is 4. The number of anilines is 1. The molecule has 5 heteroatoms. The van der Waals surface area contributed by atoms with Gasteiger partial charge in [0, 0.05) is 19.7 Å². The van der Waals surface area contributed by atoms with E-state index in [9.17, 15) is 10.1 Å². The number of nitro groups is 1. The summed E-state index contributed by atoms with van der Waals surface area (Å²) in [5.41, 5.74) is 1.47. The van der Waals surface area contributed by atoms with Crippen molar-refractivity contribution in [3.8, 4) is 0 Å². The van der Waals surface area contributed by atoms with Gasteiger partial charge in [-0.25, -0.2) is 0 Å². The molecule has 0 aromatic heterocycles. The molecule has 1 aromatic carbocycles. The second-order valence-electron chi connectivity index (χ2n) is 4.64. The van der Waals surface area contributed by atoms with Crippen LogP contribution in [0.2, 0.25) is 0 Å². The fourth-order valence-corrected chi connectivity index (χ4v) is 1.88. The van der Waals surface area contributed by atoms with E-state index in [0.717, 1.165) is 24.5 Å². The zero-order valence-corrected chi connectivity index (χ0v) is 10.5. The molecule has 0 saturated heterocycles. The molecule has 0 amide bonds. The highest BCUT2D eigenvalue weighted by Crippen LogP contribution is 2.32. The van der Waals surface area contributed by atoms with Crippen LogP contribution in [0.1, 0.15) is 24.8 Å². The second kappa shape index (κ2) is 5.82. The van der Waals surface area contributed by atoms with Crippen molar-refractivity contribution in [3.05, 3.63) is 33.9 Å². The summed E-state index contributed by atoms with van der Waals surface area (Å²) in [6.07, 6.45) is 3.76. The molecule has 1 aromatic rings. The number of nitrogens with one attached hydrogen (secondary N) is 1. The molecule has 0 aliphatic heterocycles. The Labute approximate surface area is 106 Å². The lowest BCUT2D eigenvalue weighted by molar-refractivity contribution is -0.384. The number of nitro benzene ring substituents is 1. The molecule has 0 radical (unpaired) electrons. The smallest absolute Gasteiger partial charge is 0.292 e. The van der Waals surface area contributed by atoms with Crippen molar-refractivity contribution < 1.29 is 9.66 Å². The van der Waals surface area contributed by atoms with Gasteiger partial charge in [-0.05, 0) is 24.0 Å². The Morgan fingerprint density at radius 1 is 1.50 bits per heavy atom. The van der Waals surface area contributed by atoms with E-state index in [1.165, 1.54) is 12.8 Å². The molecule has 98 valence electrons. The topological polar surface area (TPSA) is 64.4 Å². The number of hydrogen-bond donors (Lipinski definition) is 1. The zero-order valence-electron chi connectivity index (χ0n) is 10.5. The number of ether oxygens (including phenoxy) is 1. The maximum absolute atomic E-state index is 10.9. The summed E-state index contributed by atoms with van der Waals surface area (Å²) >= 11 is 0. The molecule has 1 N–H and O–H groups in total. The summed E-state index contributed by atoms with van der Waals surface area (Å²) < 4.78 is 5.54. The third kappa shape index (κ3) is 3.43. The summed E-state index contributed by atoms with van der Waals surface area (Å²) in [7, 11) is 1.67. The summed E-state index contributed by atoms with van der Waals surface area (Å²) in [6.45, 7) is 1.18. The van der Waals surface area contributed by atoms with Crippen LogP contribution >= 0.6 is 0 Å². The molecule has 0 spiro atoms. The Morgan fingerprint density at radius 3 is 2.89 bits per heavy atom. The third-order valence-corrected chi connectivity index (χ3v) is 3.16.